The van der Waals surface area contributed by atoms with Crippen molar-refractivity contribution in [2.45, 2.75) is 17.9 Å². The summed E-state index contributed by atoms with van der Waals surface area (Å²) in [4.78, 5) is 13.1. The number of halogens is 1. The lowest BCUT2D eigenvalue weighted by Crippen LogP contribution is -2.41. The molecule has 0 aromatic heterocycles. The molecule has 3 aromatic carbocycles. The number of rotatable bonds is 10. The molecular formula is C25H27ClN2O6S. The van der Waals surface area contributed by atoms with Gasteiger partial charge in [0.05, 0.1) is 38.0 Å². The van der Waals surface area contributed by atoms with Crippen LogP contribution in [0.25, 0.3) is 0 Å². The predicted octanol–water partition coefficient (Wildman–Crippen LogP) is 4.44. The number of carbonyl (C=O) groups is 1. The zero-order valence-corrected chi connectivity index (χ0v) is 21.4. The van der Waals surface area contributed by atoms with Crippen molar-refractivity contribution in [1.29, 1.82) is 0 Å². The van der Waals surface area contributed by atoms with Gasteiger partial charge < -0.3 is 19.5 Å². The average molecular weight is 519 g/mol. The quantitative estimate of drug-likeness (QED) is 0.426. The molecule has 35 heavy (non-hydrogen) atoms. The fraction of sp³-hybridized carbons (Fsp3) is 0.240. The zero-order valence-electron chi connectivity index (χ0n) is 19.8. The van der Waals surface area contributed by atoms with Crippen LogP contribution in [-0.2, 0) is 14.8 Å². The molecule has 0 radical (unpaired) electrons. The van der Waals surface area contributed by atoms with E-state index in [4.69, 9.17) is 25.8 Å². The molecule has 3 rings (SSSR count). The largest absolute Gasteiger partial charge is 0.497 e. The normalized spacial score (nSPS) is 11.9. The summed E-state index contributed by atoms with van der Waals surface area (Å²) in [5.74, 6) is 1.18. The van der Waals surface area contributed by atoms with E-state index in [1.54, 1.807) is 68.6 Å². The lowest BCUT2D eigenvalue weighted by molar-refractivity contribution is -0.120. The highest BCUT2D eigenvalue weighted by molar-refractivity contribution is 7.92. The molecule has 186 valence electrons. The second-order valence-corrected chi connectivity index (χ2v) is 9.86. The monoisotopic (exact) mass is 518 g/mol. The second kappa shape index (κ2) is 11.3. The molecule has 0 aliphatic rings. The molecular weight excluding hydrogens is 492 g/mol. The fourth-order valence-electron chi connectivity index (χ4n) is 3.47. The molecule has 0 bridgehead atoms. The number of carbonyl (C=O) groups excluding carboxylic acids is 1. The summed E-state index contributed by atoms with van der Waals surface area (Å²) in [7, 11) is 0.486. The van der Waals surface area contributed by atoms with E-state index in [-0.39, 0.29) is 4.90 Å². The van der Waals surface area contributed by atoms with Crippen molar-refractivity contribution in [3.63, 3.8) is 0 Å². The Balaban J connectivity index is 1.90. The van der Waals surface area contributed by atoms with Crippen LogP contribution in [0.2, 0.25) is 5.02 Å². The van der Waals surface area contributed by atoms with Gasteiger partial charge in [0.15, 0.2) is 0 Å². The summed E-state index contributed by atoms with van der Waals surface area (Å²) in [6.07, 6.45) is 0. The van der Waals surface area contributed by atoms with E-state index in [1.807, 2.05) is 0 Å². The van der Waals surface area contributed by atoms with Crippen LogP contribution in [0.4, 0.5) is 5.69 Å². The van der Waals surface area contributed by atoms with Crippen LogP contribution < -0.4 is 23.8 Å². The van der Waals surface area contributed by atoms with Crippen LogP contribution >= 0.6 is 11.6 Å². The number of sulfonamides is 1. The third-order valence-electron chi connectivity index (χ3n) is 5.33. The van der Waals surface area contributed by atoms with E-state index < -0.39 is 28.5 Å². The molecule has 0 saturated carbocycles. The number of amides is 1. The molecule has 1 N–H and O–H groups in total. The van der Waals surface area contributed by atoms with E-state index >= 15 is 0 Å². The minimum Gasteiger partial charge on any atom is -0.497 e. The highest BCUT2D eigenvalue weighted by atomic mass is 35.5. The second-order valence-electron chi connectivity index (χ2n) is 7.56. The molecule has 0 aliphatic carbocycles. The molecule has 0 fully saturated rings. The maximum absolute atomic E-state index is 13.5. The Hall–Kier alpha value is -3.43. The average Bonchev–Trinajstić information content (AvgIpc) is 2.87. The molecule has 3 aromatic rings. The van der Waals surface area contributed by atoms with Crippen LogP contribution in [0.5, 0.6) is 17.2 Å². The number of ether oxygens (including phenoxy) is 3. The minimum absolute atomic E-state index is 0.0172. The zero-order chi connectivity index (χ0) is 25.6. The van der Waals surface area contributed by atoms with Crippen molar-refractivity contribution in [3.8, 4) is 17.2 Å². The third-order valence-corrected chi connectivity index (χ3v) is 7.37. The van der Waals surface area contributed by atoms with Crippen molar-refractivity contribution >= 4 is 33.2 Å². The molecule has 8 nitrogen and oxygen atoms in total. The van der Waals surface area contributed by atoms with Gasteiger partial charge in [-0.25, -0.2) is 8.42 Å². The molecule has 0 aliphatic heterocycles. The van der Waals surface area contributed by atoms with Crippen LogP contribution in [0.15, 0.2) is 71.6 Å². The Labute approximate surface area is 210 Å². The maximum Gasteiger partial charge on any atom is 0.264 e. The first-order valence-corrected chi connectivity index (χ1v) is 12.4. The van der Waals surface area contributed by atoms with Gasteiger partial charge in [-0.15, -0.1) is 0 Å². The number of hydrogen-bond acceptors (Lipinski definition) is 6. The van der Waals surface area contributed by atoms with Crippen molar-refractivity contribution in [3.05, 3.63) is 77.3 Å². The van der Waals surface area contributed by atoms with Crippen LogP contribution in [0.1, 0.15) is 18.5 Å². The van der Waals surface area contributed by atoms with E-state index in [0.29, 0.717) is 33.5 Å². The van der Waals surface area contributed by atoms with Crippen molar-refractivity contribution in [2.24, 2.45) is 0 Å². The Bertz CT molecular complexity index is 1260. The maximum atomic E-state index is 13.5. The predicted molar refractivity (Wildman–Crippen MR) is 135 cm³/mol. The van der Waals surface area contributed by atoms with Gasteiger partial charge in [0.1, 0.15) is 23.8 Å². The highest BCUT2D eigenvalue weighted by Crippen LogP contribution is 2.30. The van der Waals surface area contributed by atoms with Gasteiger partial charge in [0.2, 0.25) is 5.91 Å². The van der Waals surface area contributed by atoms with Crippen molar-refractivity contribution in [1.82, 2.24) is 5.32 Å². The first-order valence-electron chi connectivity index (χ1n) is 10.6. The number of nitrogens with one attached hydrogen (secondary N) is 1. The molecule has 1 amide bonds. The van der Waals surface area contributed by atoms with Gasteiger partial charge in [0, 0.05) is 10.6 Å². The van der Waals surface area contributed by atoms with Gasteiger partial charge in [-0.1, -0.05) is 11.6 Å². The number of methoxy groups -OCH3 is 3. The Morgan fingerprint density at radius 2 is 1.51 bits per heavy atom. The number of anilines is 1. The van der Waals surface area contributed by atoms with Gasteiger partial charge >= 0.3 is 0 Å². The summed E-state index contributed by atoms with van der Waals surface area (Å²) in [5.41, 5.74) is 0.989. The standard InChI is InChI=1S/C25H27ClN2O6S/c1-17(23-15-21(33-3)11-14-24(23)34-4)27-25(29)16-28(19-7-5-18(26)6-8-19)35(30,31)22-12-9-20(32-2)10-13-22/h5-15,17H,16H2,1-4H3,(H,27,29). The SMILES string of the molecule is COc1ccc(S(=O)(=O)N(CC(=O)NC(C)c2cc(OC)ccc2OC)c2ccc(Cl)cc2)cc1. The minimum atomic E-state index is -4.08. The lowest BCUT2D eigenvalue weighted by atomic mass is 10.1. The Morgan fingerprint density at radius 1 is 0.914 bits per heavy atom. The topological polar surface area (TPSA) is 94.2 Å². The highest BCUT2D eigenvalue weighted by Gasteiger charge is 2.28. The van der Waals surface area contributed by atoms with Crippen LogP contribution in [-0.4, -0.2) is 42.2 Å². The fourth-order valence-corrected chi connectivity index (χ4v) is 5.02. The summed E-state index contributed by atoms with van der Waals surface area (Å²) < 4.78 is 43.9. The summed E-state index contributed by atoms with van der Waals surface area (Å²) in [6.45, 7) is 1.33. The summed E-state index contributed by atoms with van der Waals surface area (Å²) in [5, 5.41) is 3.29. The van der Waals surface area contributed by atoms with Crippen molar-refractivity contribution in [2.75, 3.05) is 32.2 Å². The van der Waals surface area contributed by atoms with Crippen LogP contribution in [0.3, 0.4) is 0 Å². The molecule has 0 spiro atoms. The van der Waals surface area contributed by atoms with Crippen LogP contribution in [0, 0.1) is 0 Å². The van der Waals surface area contributed by atoms with Gasteiger partial charge in [-0.2, -0.15) is 0 Å². The molecule has 10 heteroatoms. The Morgan fingerprint density at radius 3 is 2.09 bits per heavy atom. The Kier molecular flexibility index (Phi) is 8.48. The lowest BCUT2D eigenvalue weighted by Gasteiger charge is -2.25. The molecule has 0 saturated heterocycles. The molecule has 1 unspecified atom stereocenters. The van der Waals surface area contributed by atoms with E-state index in [0.717, 1.165) is 4.31 Å². The smallest absolute Gasteiger partial charge is 0.264 e. The summed E-state index contributed by atoms with van der Waals surface area (Å²) >= 11 is 5.99. The number of hydrogen-bond donors (Lipinski definition) is 1. The van der Waals surface area contributed by atoms with E-state index in [1.165, 1.54) is 26.4 Å². The van der Waals surface area contributed by atoms with Crippen molar-refractivity contribution < 1.29 is 27.4 Å². The molecule has 0 heterocycles. The molecule has 1 atom stereocenters. The number of nitrogens with zero attached hydrogens (tertiary/aromatic N) is 1. The van der Waals surface area contributed by atoms with Gasteiger partial charge in [0.25, 0.3) is 10.0 Å². The van der Waals surface area contributed by atoms with Gasteiger partial charge in [-0.05, 0) is 73.7 Å². The van der Waals surface area contributed by atoms with Gasteiger partial charge in [-0.3, -0.25) is 9.10 Å². The first-order chi connectivity index (χ1) is 16.7. The summed E-state index contributed by atoms with van der Waals surface area (Å²) in [6, 6.07) is 16.9. The third kappa shape index (κ3) is 6.17. The van der Waals surface area contributed by atoms with E-state index in [9.17, 15) is 13.2 Å². The van der Waals surface area contributed by atoms with E-state index in [2.05, 4.69) is 5.32 Å². The first kappa shape index (κ1) is 26.2. The number of benzene rings is 3.